The van der Waals surface area contributed by atoms with Crippen LogP contribution in [0.4, 0.5) is 13.2 Å². The van der Waals surface area contributed by atoms with Gasteiger partial charge >= 0.3 is 18.1 Å². The third-order valence-corrected chi connectivity index (χ3v) is 3.51. The van der Waals surface area contributed by atoms with Gasteiger partial charge in [0.1, 0.15) is 0 Å². The second-order valence-corrected chi connectivity index (χ2v) is 5.64. The van der Waals surface area contributed by atoms with Crippen LogP contribution < -0.4 is 0 Å². The van der Waals surface area contributed by atoms with Crippen LogP contribution in [-0.2, 0) is 9.59 Å². The first-order valence-corrected chi connectivity index (χ1v) is 7.31. The molecule has 1 saturated heterocycles. The van der Waals surface area contributed by atoms with E-state index in [1.165, 1.54) is 19.4 Å². The minimum Gasteiger partial charge on any atom is -0.481 e. The van der Waals surface area contributed by atoms with Gasteiger partial charge in [-0.1, -0.05) is 13.8 Å². The number of carboxylic acids is 2. The molecule has 0 aromatic rings. The largest absolute Gasteiger partial charge is 0.490 e. The van der Waals surface area contributed by atoms with Crippen molar-refractivity contribution in [2.45, 2.75) is 58.2 Å². The topological polar surface area (TPSA) is 77.8 Å². The molecule has 1 aliphatic rings. The predicted octanol–water partition coefficient (Wildman–Crippen LogP) is 3.00. The van der Waals surface area contributed by atoms with E-state index in [0.717, 1.165) is 31.3 Å². The van der Waals surface area contributed by atoms with E-state index in [1.807, 2.05) is 0 Å². The van der Waals surface area contributed by atoms with E-state index in [4.69, 9.17) is 15.0 Å². The van der Waals surface area contributed by atoms with Crippen LogP contribution in [0.3, 0.4) is 0 Å². The van der Waals surface area contributed by atoms with Crippen molar-refractivity contribution in [2.75, 3.05) is 13.1 Å². The lowest BCUT2D eigenvalue weighted by molar-refractivity contribution is -0.192. The summed E-state index contributed by atoms with van der Waals surface area (Å²) in [5.41, 5.74) is 0. The summed E-state index contributed by atoms with van der Waals surface area (Å²) in [5, 5.41) is 15.7. The highest BCUT2D eigenvalue weighted by atomic mass is 19.4. The number of hydrogen-bond acceptors (Lipinski definition) is 3. The van der Waals surface area contributed by atoms with Crippen molar-refractivity contribution in [1.82, 2.24) is 4.90 Å². The Morgan fingerprint density at radius 1 is 1.23 bits per heavy atom. The molecule has 1 aliphatic heterocycles. The molecule has 0 bridgehead atoms. The molecule has 0 aliphatic carbocycles. The second kappa shape index (κ2) is 9.66. The summed E-state index contributed by atoms with van der Waals surface area (Å²) in [4.78, 5) is 21.8. The molecule has 0 aromatic heterocycles. The van der Waals surface area contributed by atoms with E-state index >= 15 is 0 Å². The van der Waals surface area contributed by atoms with Crippen LogP contribution in [0.25, 0.3) is 0 Å². The molecule has 1 heterocycles. The molecule has 0 spiro atoms. The Bertz CT molecular complexity index is 358. The fourth-order valence-electron chi connectivity index (χ4n) is 2.48. The summed E-state index contributed by atoms with van der Waals surface area (Å²) in [6.45, 7) is 6.84. The first-order valence-electron chi connectivity index (χ1n) is 7.31. The molecule has 0 saturated carbocycles. The lowest BCUT2D eigenvalue weighted by atomic mass is 10.0. The van der Waals surface area contributed by atoms with Gasteiger partial charge in [0.05, 0.1) is 0 Å². The molecule has 1 rings (SSSR count). The molecular formula is C14H24F3NO4. The molecule has 130 valence electrons. The number of halogens is 3. The maximum Gasteiger partial charge on any atom is 0.490 e. The van der Waals surface area contributed by atoms with Gasteiger partial charge in [-0.05, 0) is 44.7 Å². The molecule has 1 atom stereocenters. The predicted molar refractivity (Wildman–Crippen MR) is 74.6 cm³/mol. The van der Waals surface area contributed by atoms with Crippen LogP contribution >= 0.6 is 0 Å². The molecule has 1 fully saturated rings. The smallest absolute Gasteiger partial charge is 0.481 e. The highest BCUT2D eigenvalue weighted by Gasteiger charge is 2.38. The zero-order valence-electron chi connectivity index (χ0n) is 12.9. The lowest BCUT2D eigenvalue weighted by Crippen LogP contribution is -2.34. The van der Waals surface area contributed by atoms with Gasteiger partial charge in [0.2, 0.25) is 0 Å². The molecule has 2 N–H and O–H groups in total. The zero-order valence-corrected chi connectivity index (χ0v) is 12.9. The van der Waals surface area contributed by atoms with E-state index in [2.05, 4.69) is 18.7 Å². The number of hydrogen-bond donors (Lipinski definition) is 2. The van der Waals surface area contributed by atoms with Crippen molar-refractivity contribution in [3.05, 3.63) is 0 Å². The fourth-order valence-corrected chi connectivity index (χ4v) is 2.48. The van der Waals surface area contributed by atoms with E-state index in [-0.39, 0.29) is 0 Å². The van der Waals surface area contributed by atoms with Crippen molar-refractivity contribution in [3.63, 3.8) is 0 Å². The average molecular weight is 327 g/mol. The Hall–Kier alpha value is -1.31. The van der Waals surface area contributed by atoms with Gasteiger partial charge in [-0.15, -0.1) is 0 Å². The lowest BCUT2D eigenvalue weighted by Gasteiger charge is -2.27. The summed E-state index contributed by atoms with van der Waals surface area (Å²) in [7, 11) is 0. The number of aliphatic carboxylic acids is 2. The quantitative estimate of drug-likeness (QED) is 0.733. The van der Waals surface area contributed by atoms with Gasteiger partial charge in [-0.2, -0.15) is 13.2 Å². The fraction of sp³-hybridized carbons (Fsp3) is 0.857. The summed E-state index contributed by atoms with van der Waals surface area (Å²) in [6.07, 6.45) is -0.301. The molecule has 0 amide bonds. The summed E-state index contributed by atoms with van der Waals surface area (Å²) in [6, 6.07) is 0.731. The monoisotopic (exact) mass is 327 g/mol. The normalized spacial score (nSPS) is 18.9. The number of nitrogens with zero attached hydrogens (tertiary/aromatic N) is 1. The summed E-state index contributed by atoms with van der Waals surface area (Å²) >= 11 is 0. The molecule has 0 aromatic carbocycles. The van der Waals surface area contributed by atoms with E-state index in [0.29, 0.717) is 6.42 Å². The van der Waals surface area contributed by atoms with E-state index < -0.39 is 18.1 Å². The van der Waals surface area contributed by atoms with Gasteiger partial charge in [0.15, 0.2) is 0 Å². The summed E-state index contributed by atoms with van der Waals surface area (Å²) < 4.78 is 31.7. The zero-order chi connectivity index (χ0) is 17.3. The van der Waals surface area contributed by atoms with Crippen LogP contribution in [0.2, 0.25) is 0 Å². The highest BCUT2D eigenvalue weighted by molar-refractivity contribution is 5.73. The SMILES string of the molecule is CC(C)C1CCCN1CCCCC(=O)O.O=C(O)C(F)(F)F. The van der Waals surface area contributed by atoms with Crippen molar-refractivity contribution in [2.24, 2.45) is 5.92 Å². The van der Waals surface area contributed by atoms with Crippen molar-refractivity contribution < 1.29 is 33.0 Å². The molecule has 5 nitrogen and oxygen atoms in total. The number of rotatable bonds is 6. The molecule has 0 radical (unpaired) electrons. The van der Waals surface area contributed by atoms with Crippen molar-refractivity contribution in [3.8, 4) is 0 Å². The number of unbranched alkanes of at least 4 members (excludes halogenated alkanes) is 1. The standard InChI is InChI=1S/C12H23NO2.C2HF3O2/c1-10(2)11-6-5-9-13(11)8-4-3-7-12(14)15;3-2(4,5)1(6)7/h10-11H,3-9H2,1-2H3,(H,14,15);(H,6,7). The maximum absolute atomic E-state index is 10.6. The molecule has 22 heavy (non-hydrogen) atoms. The van der Waals surface area contributed by atoms with Crippen LogP contribution in [0.15, 0.2) is 0 Å². The highest BCUT2D eigenvalue weighted by Crippen LogP contribution is 2.23. The Kier molecular flexibility index (Phi) is 9.08. The van der Waals surface area contributed by atoms with Crippen LogP contribution in [0, 0.1) is 5.92 Å². The second-order valence-electron chi connectivity index (χ2n) is 5.64. The molecular weight excluding hydrogens is 303 g/mol. The van der Waals surface area contributed by atoms with Gasteiger partial charge in [-0.25, -0.2) is 4.79 Å². The van der Waals surface area contributed by atoms with Crippen LogP contribution in [0.1, 0.15) is 46.0 Å². The minimum absolute atomic E-state index is 0.320. The van der Waals surface area contributed by atoms with Crippen molar-refractivity contribution in [1.29, 1.82) is 0 Å². The Morgan fingerprint density at radius 3 is 2.18 bits per heavy atom. The van der Waals surface area contributed by atoms with Gasteiger partial charge in [0, 0.05) is 12.5 Å². The van der Waals surface area contributed by atoms with Crippen LogP contribution in [0.5, 0.6) is 0 Å². The first kappa shape index (κ1) is 20.7. The summed E-state index contributed by atoms with van der Waals surface area (Å²) in [5.74, 6) is -2.70. The number of likely N-dealkylation sites (tertiary alicyclic amines) is 1. The van der Waals surface area contributed by atoms with Gasteiger partial charge < -0.3 is 15.1 Å². The number of alkyl halides is 3. The van der Waals surface area contributed by atoms with E-state index in [1.54, 1.807) is 0 Å². The molecule has 1 unspecified atom stereocenters. The maximum atomic E-state index is 10.6. The Morgan fingerprint density at radius 2 is 1.77 bits per heavy atom. The van der Waals surface area contributed by atoms with Crippen LogP contribution in [-0.4, -0.2) is 52.4 Å². The Balaban J connectivity index is 0.000000534. The van der Waals surface area contributed by atoms with Gasteiger partial charge in [0.25, 0.3) is 0 Å². The third-order valence-electron chi connectivity index (χ3n) is 3.51. The number of carbonyl (C=O) groups is 2. The van der Waals surface area contributed by atoms with Gasteiger partial charge in [-0.3, -0.25) is 4.79 Å². The third kappa shape index (κ3) is 8.86. The van der Waals surface area contributed by atoms with E-state index in [9.17, 15) is 18.0 Å². The van der Waals surface area contributed by atoms with Crippen molar-refractivity contribution >= 4 is 11.9 Å². The number of carboxylic acid groups (broad SMARTS) is 2. The first-order chi connectivity index (χ1) is 10.1. The average Bonchev–Trinajstić information content (AvgIpc) is 2.82. The molecule has 8 heteroatoms. The Labute approximate surface area is 128 Å². The minimum atomic E-state index is -5.08.